The second-order valence-electron chi connectivity index (χ2n) is 5.38. The number of likely N-dealkylation sites (N-methyl/N-ethyl adjacent to an activating group) is 1. The fourth-order valence-electron chi connectivity index (χ4n) is 1.86. The molecule has 112 valence electrons. The molecule has 0 heterocycles. The van der Waals surface area contributed by atoms with Gasteiger partial charge in [-0.2, -0.15) is 0 Å². The Morgan fingerprint density at radius 2 is 2.15 bits per heavy atom. The van der Waals surface area contributed by atoms with Crippen molar-refractivity contribution in [3.05, 3.63) is 29.3 Å². The zero-order chi connectivity index (χ0) is 15.3. The molecule has 0 bridgehead atoms. The average Bonchev–Trinajstić information content (AvgIpc) is 2.34. The van der Waals surface area contributed by atoms with Crippen molar-refractivity contribution in [3.63, 3.8) is 0 Å². The molecule has 1 unspecified atom stereocenters. The third-order valence-corrected chi connectivity index (χ3v) is 2.96. The molecular formula is C15H22ClNO3. The van der Waals surface area contributed by atoms with Crippen molar-refractivity contribution in [2.24, 2.45) is 0 Å². The Hall–Kier alpha value is -1.26. The number of benzene rings is 1. The van der Waals surface area contributed by atoms with Gasteiger partial charge in [-0.15, -0.1) is 0 Å². The van der Waals surface area contributed by atoms with Gasteiger partial charge in [0.05, 0.1) is 5.60 Å². The zero-order valence-corrected chi connectivity index (χ0v) is 13.1. The Labute approximate surface area is 125 Å². The lowest BCUT2D eigenvalue weighted by Crippen LogP contribution is -2.47. The molecule has 0 aromatic heterocycles. The molecular weight excluding hydrogens is 278 g/mol. The van der Waals surface area contributed by atoms with Crippen molar-refractivity contribution in [2.45, 2.75) is 39.4 Å². The van der Waals surface area contributed by atoms with Crippen molar-refractivity contribution in [1.82, 2.24) is 4.90 Å². The second-order valence-corrected chi connectivity index (χ2v) is 5.82. The van der Waals surface area contributed by atoms with Crippen LogP contribution in [0.5, 0.6) is 5.75 Å². The van der Waals surface area contributed by atoms with Gasteiger partial charge in [0, 0.05) is 18.1 Å². The van der Waals surface area contributed by atoms with Gasteiger partial charge in [-0.25, -0.2) is 0 Å². The van der Waals surface area contributed by atoms with E-state index in [1.54, 1.807) is 49.9 Å². The maximum Gasteiger partial charge on any atom is 0.263 e. The summed E-state index contributed by atoms with van der Waals surface area (Å²) in [5.74, 6) is 0.396. The normalized spacial score (nSPS) is 12.9. The van der Waals surface area contributed by atoms with Gasteiger partial charge in [0.1, 0.15) is 5.75 Å². The molecule has 20 heavy (non-hydrogen) atoms. The van der Waals surface area contributed by atoms with Gasteiger partial charge in [-0.05, 0) is 45.9 Å². The predicted molar refractivity (Wildman–Crippen MR) is 80.1 cm³/mol. The summed E-state index contributed by atoms with van der Waals surface area (Å²) in [5.41, 5.74) is -0.929. The molecule has 5 heteroatoms. The van der Waals surface area contributed by atoms with Crippen LogP contribution in [0, 0.1) is 0 Å². The van der Waals surface area contributed by atoms with Gasteiger partial charge < -0.3 is 14.7 Å². The van der Waals surface area contributed by atoms with Gasteiger partial charge in [0.15, 0.2) is 6.10 Å². The molecule has 0 aliphatic rings. The molecule has 0 aliphatic heterocycles. The van der Waals surface area contributed by atoms with E-state index in [1.807, 2.05) is 6.92 Å². The van der Waals surface area contributed by atoms with Crippen LogP contribution in [0.25, 0.3) is 0 Å². The number of carbonyl (C=O) groups is 1. The number of hydrogen-bond acceptors (Lipinski definition) is 3. The summed E-state index contributed by atoms with van der Waals surface area (Å²) < 4.78 is 5.60. The average molecular weight is 300 g/mol. The highest BCUT2D eigenvalue weighted by Crippen LogP contribution is 2.19. The quantitative estimate of drug-likeness (QED) is 0.878. The van der Waals surface area contributed by atoms with Crippen LogP contribution in [0.3, 0.4) is 0 Å². The molecule has 0 radical (unpaired) electrons. The topological polar surface area (TPSA) is 49.8 Å². The first-order valence-corrected chi connectivity index (χ1v) is 7.04. The van der Waals surface area contributed by atoms with E-state index in [0.29, 0.717) is 17.3 Å². The highest BCUT2D eigenvalue weighted by Gasteiger charge is 2.25. The lowest BCUT2D eigenvalue weighted by atomic mass is 10.1. The summed E-state index contributed by atoms with van der Waals surface area (Å²) in [6.45, 7) is 7.69. The monoisotopic (exact) mass is 299 g/mol. The molecule has 4 nitrogen and oxygen atoms in total. The maximum atomic E-state index is 12.3. The minimum absolute atomic E-state index is 0.158. The first-order valence-electron chi connectivity index (χ1n) is 6.66. The highest BCUT2D eigenvalue weighted by atomic mass is 35.5. The fourth-order valence-corrected chi connectivity index (χ4v) is 2.04. The molecule has 0 saturated carbocycles. The lowest BCUT2D eigenvalue weighted by molar-refractivity contribution is -0.140. The summed E-state index contributed by atoms with van der Waals surface area (Å²) in [7, 11) is 0. The fraction of sp³-hybridized carbons (Fsp3) is 0.533. The van der Waals surface area contributed by atoms with E-state index in [2.05, 4.69) is 0 Å². The van der Waals surface area contributed by atoms with E-state index in [-0.39, 0.29) is 12.5 Å². The molecule has 0 aliphatic carbocycles. The Morgan fingerprint density at radius 1 is 1.50 bits per heavy atom. The molecule has 1 amide bonds. The molecule has 1 rings (SSSR count). The van der Waals surface area contributed by atoms with Crippen LogP contribution in [-0.4, -0.2) is 40.7 Å². The van der Waals surface area contributed by atoms with E-state index in [0.717, 1.165) is 0 Å². The van der Waals surface area contributed by atoms with Gasteiger partial charge in [-0.3, -0.25) is 4.79 Å². The maximum absolute atomic E-state index is 12.3. The molecule has 0 spiro atoms. The van der Waals surface area contributed by atoms with E-state index >= 15 is 0 Å². The lowest BCUT2D eigenvalue weighted by Gasteiger charge is -2.30. The number of nitrogens with zero attached hydrogens (tertiary/aromatic N) is 1. The van der Waals surface area contributed by atoms with Crippen LogP contribution in [0.1, 0.15) is 27.7 Å². The summed E-state index contributed by atoms with van der Waals surface area (Å²) in [6.07, 6.45) is -0.629. The van der Waals surface area contributed by atoms with Crippen molar-refractivity contribution in [3.8, 4) is 5.75 Å². The predicted octanol–water partition coefficient (Wildman–Crippen LogP) is 2.73. The zero-order valence-electron chi connectivity index (χ0n) is 12.4. The van der Waals surface area contributed by atoms with Crippen LogP contribution < -0.4 is 4.74 Å². The minimum atomic E-state index is -0.929. The Balaban J connectivity index is 2.70. The Morgan fingerprint density at radius 3 is 2.65 bits per heavy atom. The Bertz CT molecular complexity index is 457. The standard InChI is InChI=1S/C15H22ClNO3/c1-5-17(10-15(3,4)19)14(18)11(2)20-13-8-6-7-12(16)9-13/h6-9,11,19H,5,10H2,1-4H3. The largest absolute Gasteiger partial charge is 0.481 e. The number of amides is 1. The number of halogens is 1. The van der Waals surface area contributed by atoms with Crippen molar-refractivity contribution in [2.75, 3.05) is 13.1 Å². The summed E-state index contributed by atoms with van der Waals surface area (Å²) in [5, 5.41) is 10.4. The number of hydrogen-bond donors (Lipinski definition) is 1. The minimum Gasteiger partial charge on any atom is -0.481 e. The van der Waals surface area contributed by atoms with Crippen molar-refractivity contribution in [1.29, 1.82) is 0 Å². The van der Waals surface area contributed by atoms with Gasteiger partial charge in [0.25, 0.3) is 5.91 Å². The first-order chi connectivity index (χ1) is 9.23. The van der Waals surface area contributed by atoms with E-state index in [9.17, 15) is 9.90 Å². The van der Waals surface area contributed by atoms with Crippen molar-refractivity contribution >= 4 is 17.5 Å². The second kappa shape index (κ2) is 6.95. The van der Waals surface area contributed by atoms with Gasteiger partial charge in [0.2, 0.25) is 0 Å². The van der Waals surface area contributed by atoms with Crippen molar-refractivity contribution < 1.29 is 14.6 Å². The number of carbonyl (C=O) groups excluding carboxylic acids is 1. The van der Waals surface area contributed by atoms with Gasteiger partial charge in [-0.1, -0.05) is 17.7 Å². The first kappa shape index (κ1) is 16.8. The molecule has 0 fully saturated rings. The molecule has 1 aromatic rings. The molecule has 0 saturated heterocycles. The number of aliphatic hydroxyl groups is 1. The smallest absolute Gasteiger partial charge is 0.263 e. The van der Waals surface area contributed by atoms with Crippen LogP contribution in [0.4, 0.5) is 0 Å². The van der Waals surface area contributed by atoms with E-state index < -0.39 is 11.7 Å². The van der Waals surface area contributed by atoms with Crippen LogP contribution in [0.15, 0.2) is 24.3 Å². The van der Waals surface area contributed by atoms with Crippen LogP contribution in [-0.2, 0) is 4.79 Å². The number of rotatable bonds is 6. The highest BCUT2D eigenvalue weighted by molar-refractivity contribution is 6.30. The SMILES string of the molecule is CCN(CC(C)(C)O)C(=O)C(C)Oc1cccc(Cl)c1. The molecule has 1 atom stereocenters. The third-order valence-electron chi connectivity index (χ3n) is 2.73. The molecule has 1 N–H and O–H groups in total. The van der Waals surface area contributed by atoms with Crippen LogP contribution >= 0.6 is 11.6 Å². The van der Waals surface area contributed by atoms with E-state index in [4.69, 9.17) is 16.3 Å². The summed E-state index contributed by atoms with van der Waals surface area (Å²) in [6, 6.07) is 6.93. The van der Waals surface area contributed by atoms with Crippen LogP contribution in [0.2, 0.25) is 5.02 Å². The number of ether oxygens (including phenoxy) is 1. The Kier molecular flexibility index (Phi) is 5.84. The summed E-state index contributed by atoms with van der Waals surface area (Å²) >= 11 is 5.88. The molecule has 1 aromatic carbocycles. The van der Waals surface area contributed by atoms with E-state index in [1.165, 1.54) is 0 Å². The van der Waals surface area contributed by atoms with Gasteiger partial charge >= 0.3 is 0 Å². The third kappa shape index (κ3) is 5.39. The summed E-state index contributed by atoms with van der Waals surface area (Å²) in [4.78, 5) is 13.9.